The Kier molecular flexibility index (Phi) is 11.4. The summed E-state index contributed by atoms with van der Waals surface area (Å²) in [5, 5.41) is 3.82. The number of aromatic nitrogens is 1. The molecule has 0 aliphatic rings. The number of benzene rings is 2. The minimum atomic E-state index is -0.135. The molecule has 0 fully saturated rings. The van der Waals surface area contributed by atoms with Gasteiger partial charge in [0.05, 0.1) is 0 Å². The van der Waals surface area contributed by atoms with Crippen LogP contribution in [-0.2, 0) is 13.0 Å². The smallest absolute Gasteiger partial charge is 0.267 e. The Balaban J connectivity index is 0.00000256. The molecule has 0 bridgehead atoms. The maximum atomic E-state index is 12.4. The van der Waals surface area contributed by atoms with E-state index in [0.29, 0.717) is 24.3 Å². The third kappa shape index (κ3) is 7.64. The number of halogens is 2. The lowest BCUT2D eigenvalue weighted by Gasteiger charge is -2.16. The standard InChI is InChI=1S/C24H30N4O2.2ClH/c1-17(29)20-9-10-22-21(14-20)15-23(27-22)24(30)26-11-13-28(2)12-3-4-18-5-7-19(16-25)8-6-18;;/h5-10,14-15,27H,3-4,11-13,16,25H2,1-2H3,(H,26,30);2*1H. The van der Waals surface area contributed by atoms with Gasteiger partial charge in [-0.2, -0.15) is 0 Å². The van der Waals surface area contributed by atoms with E-state index in [1.807, 2.05) is 12.1 Å². The maximum absolute atomic E-state index is 12.4. The van der Waals surface area contributed by atoms with E-state index in [2.05, 4.69) is 46.5 Å². The number of ketones is 1. The number of fused-ring (bicyclic) bond motifs is 1. The average molecular weight is 479 g/mol. The Bertz CT molecular complexity index is 1020. The van der Waals surface area contributed by atoms with Gasteiger partial charge >= 0.3 is 0 Å². The zero-order chi connectivity index (χ0) is 21.5. The molecule has 0 aliphatic carbocycles. The molecule has 6 nitrogen and oxygen atoms in total. The van der Waals surface area contributed by atoms with Crippen LogP contribution in [0.15, 0.2) is 48.5 Å². The number of carbonyl (C=O) groups is 2. The molecule has 0 saturated carbocycles. The second kappa shape index (κ2) is 13.2. The minimum Gasteiger partial charge on any atom is -0.351 e. The molecule has 174 valence electrons. The largest absolute Gasteiger partial charge is 0.351 e. The number of hydrogen-bond acceptors (Lipinski definition) is 4. The summed E-state index contributed by atoms with van der Waals surface area (Å²) in [4.78, 5) is 29.3. The summed E-state index contributed by atoms with van der Waals surface area (Å²) in [7, 11) is 2.07. The number of amides is 1. The second-order valence-electron chi connectivity index (χ2n) is 7.72. The third-order valence-electron chi connectivity index (χ3n) is 5.31. The molecule has 0 spiro atoms. The number of rotatable bonds is 10. The van der Waals surface area contributed by atoms with Crippen LogP contribution >= 0.6 is 24.8 Å². The molecule has 3 rings (SSSR count). The molecule has 0 saturated heterocycles. The summed E-state index contributed by atoms with van der Waals surface area (Å²) < 4.78 is 0. The Labute approximate surface area is 201 Å². The molecular formula is C24H32Cl2N4O2. The van der Waals surface area contributed by atoms with Crippen molar-refractivity contribution in [2.75, 3.05) is 26.7 Å². The number of Topliss-reactive ketones (excluding diaryl/α,β-unsaturated/α-hetero) is 1. The van der Waals surface area contributed by atoms with Gasteiger partial charge in [-0.05, 0) is 68.8 Å². The van der Waals surface area contributed by atoms with Gasteiger partial charge in [-0.1, -0.05) is 24.3 Å². The van der Waals surface area contributed by atoms with Crippen molar-refractivity contribution in [3.05, 3.63) is 70.9 Å². The number of nitrogens with zero attached hydrogens (tertiary/aromatic N) is 1. The number of likely N-dealkylation sites (N-methyl/N-ethyl adjacent to an activating group) is 1. The zero-order valence-corrected chi connectivity index (χ0v) is 20.2. The molecule has 0 atom stereocenters. The van der Waals surface area contributed by atoms with Gasteiger partial charge in [0.2, 0.25) is 0 Å². The van der Waals surface area contributed by atoms with Crippen LogP contribution in [0, 0.1) is 0 Å². The molecule has 4 N–H and O–H groups in total. The normalized spacial score (nSPS) is 10.5. The topological polar surface area (TPSA) is 91.2 Å². The van der Waals surface area contributed by atoms with Crippen molar-refractivity contribution in [2.24, 2.45) is 5.73 Å². The van der Waals surface area contributed by atoms with Gasteiger partial charge in [0.15, 0.2) is 5.78 Å². The lowest BCUT2D eigenvalue weighted by atomic mass is 10.1. The fraction of sp³-hybridized carbons (Fsp3) is 0.333. The summed E-state index contributed by atoms with van der Waals surface area (Å²) in [6, 6.07) is 15.6. The molecule has 1 aromatic heterocycles. The van der Waals surface area contributed by atoms with Gasteiger partial charge in [-0.3, -0.25) is 9.59 Å². The zero-order valence-electron chi connectivity index (χ0n) is 18.5. The summed E-state index contributed by atoms with van der Waals surface area (Å²) >= 11 is 0. The van der Waals surface area contributed by atoms with Gasteiger partial charge in [0.1, 0.15) is 5.69 Å². The van der Waals surface area contributed by atoms with Crippen LogP contribution in [0.1, 0.15) is 45.3 Å². The van der Waals surface area contributed by atoms with Crippen molar-refractivity contribution in [3.63, 3.8) is 0 Å². The van der Waals surface area contributed by atoms with Crippen molar-refractivity contribution >= 4 is 47.4 Å². The van der Waals surface area contributed by atoms with Crippen LogP contribution in [-0.4, -0.2) is 48.3 Å². The quantitative estimate of drug-likeness (QED) is 0.384. The van der Waals surface area contributed by atoms with Crippen molar-refractivity contribution in [3.8, 4) is 0 Å². The predicted molar refractivity (Wildman–Crippen MR) is 135 cm³/mol. The van der Waals surface area contributed by atoms with Crippen molar-refractivity contribution < 1.29 is 9.59 Å². The molecule has 8 heteroatoms. The Morgan fingerprint density at radius 3 is 2.34 bits per heavy atom. The first-order valence-corrected chi connectivity index (χ1v) is 10.3. The van der Waals surface area contributed by atoms with Crippen LogP contribution in [0.3, 0.4) is 0 Å². The fourth-order valence-corrected chi connectivity index (χ4v) is 3.44. The lowest BCUT2D eigenvalue weighted by Crippen LogP contribution is -2.33. The van der Waals surface area contributed by atoms with Crippen molar-refractivity contribution in [2.45, 2.75) is 26.3 Å². The monoisotopic (exact) mass is 478 g/mol. The average Bonchev–Trinajstić information content (AvgIpc) is 3.17. The van der Waals surface area contributed by atoms with Crippen LogP contribution in [0.2, 0.25) is 0 Å². The van der Waals surface area contributed by atoms with E-state index in [4.69, 9.17) is 5.73 Å². The number of H-pyrrole nitrogens is 1. The van der Waals surface area contributed by atoms with Crippen molar-refractivity contribution in [1.29, 1.82) is 0 Å². The maximum Gasteiger partial charge on any atom is 0.267 e. The predicted octanol–water partition coefficient (Wildman–Crippen LogP) is 3.97. The minimum absolute atomic E-state index is 0. The highest BCUT2D eigenvalue weighted by Crippen LogP contribution is 2.17. The van der Waals surface area contributed by atoms with Crippen LogP contribution in [0.5, 0.6) is 0 Å². The summed E-state index contributed by atoms with van der Waals surface area (Å²) in [5.74, 6) is -0.122. The van der Waals surface area contributed by atoms with E-state index < -0.39 is 0 Å². The van der Waals surface area contributed by atoms with E-state index in [1.54, 1.807) is 12.1 Å². The first-order chi connectivity index (χ1) is 14.5. The van der Waals surface area contributed by atoms with Gasteiger partial charge < -0.3 is 20.9 Å². The first kappa shape index (κ1) is 27.7. The lowest BCUT2D eigenvalue weighted by molar-refractivity contribution is 0.0944. The highest BCUT2D eigenvalue weighted by Gasteiger charge is 2.11. The number of hydrogen-bond donors (Lipinski definition) is 3. The molecule has 32 heavy (non-hydrogen) atoms. The van der Waals surface area contributed by atoms with Crippen molar-refractivity contribution in [1.82, 2.24) is 15.2 Å². The van der Waals surface area contributed by atoms with E-state index in [-0.39, 0.29) is 36.5 Å². The SMILES string of the molecule is CC(=O)c1ccc2[nH]c(C(=O)NCCN(C)CCCc3ccc(CN)cc3)cc2c1.Cl.Cl. The van der Waals surface area contributed by atoms with Crippen LogP contribution in [0.25, 0.3) is 10.9 Å². The van der Waals surface area contributed by atoms with Crippen LogP contribution < -0.4 is 11.1 Å². The number of carbonyl (C=O) groups excluding carboxylic acids is 2. The number of nitrogens with one attached hydrogen (secondary N) is 2. The Morgan fingerprint density at radius 2 is 1.69 bits per heavy atom. The van der Waals surface area contributed by atoms with E-state index >= 15 is 0 Å². The Morgan fingerprint density at radius 1 is 1.00 bits per heavy atom. The highest BCUT2D eigenvalue weighted by molar-refractivity contribution is 6.01. The molecule has 3 aromatic rings. The molecule has 0 radical (unpaired) electrons. The molecule has 2 aromatic carbocycles. The third-order valence-corrected chi connectivity index (χ3v) is 5.31. The summed E-state index contributed by atoms with van der Waals surface area (Å²) in [6.45, 7) is 4.44. The summed E-state index contributed by atoms with van der Waals surface area (Å²) in [5.41, 5.74) is 10.1. The number of nitrogens with two attached hydrogens (primary N) is 1. The second-order valence-corrected chi connectivity index (χ2v) is 7.72. The molecule has 1 heterocycles. The number of aryl methyl sites for hydroxylation is 1. The van der Waals surface area contributed by atoms with E-state index in [1.165, 1.54) is 12.5 Å². The van der Waals surface area contributed by atoms with Crippen LogP contribution in [0.4, 0.5) is 0 Å². The first-order valence-electron chi connectivity index (χ1n) is 10.3. The molecular weight excluding hydrogens is 447 g/mol. The van der Waals surface area contributed by atoms with Gasteiger partial charge in [0, 0.05) is 36.1 Å². The summed E-state index contributed by atoms with van der Waals surface area (Å²) in [6.07, 6.45) is 2.09. The van der Waals surface area contributed by atoms with E-state index in [9.17, 15) is 9.59 Å². The molecule has 0 unspecified atom stereocenters. The van der Waals surface area contributed by atoms with Gasteiger partial charge in [-0.25, -0.2) is 0 Å². The molecule has 1 amide bonds. The van der Waals surface area contributed by atoms with Gasteiger partial charge in [0.25, 0.3) is 5.91 Å². The van der Waals surface area contributed by atoms with E-state index in [0.717, 1.165) is 42.4 Å². The fourth-order valence-electron chi connectivity index (χ4n) is 3.44. The molecule has 0 aliphatic heterocycles. The number of aromatic amines is 1. The Hall–Kier alpha value is -2.38. The van der Waals surface area contributed by atoms with Gasteiger partial charge in [-0.15, -0.1) is 24.8 Å². The highest BCUT2D eigenvalue weighted by atomic mass is 35.5.